The zero-order valence-corrected chi connectivity index (χ0v) is 14.1. The first-order chi connectivity index (χ1) is 13.4. The van der Waals surface area contributed by atoms with Crippen molar-refractivity contribution < 1.29 is 22.4 Å². The van der Waals surface area contributed by atoms with Crippen molar-refractivity contribution in [3.63, 3.8) is 0 Å². The van der Waals surface area contributed by atoms with E-state index in [0.717, 1.165) is 0 Å². The van der Waals surface area contributed by atoms with Gasteiger partial charge in [0, 0.05) is 5.39 Å². The molecule has 0 saturated carbocycles. The molecule has 8 heteroatoms. The highest BCUT2D eigenvalue weighted by atomic mass is 19.2. The number of carbonyl (C=O) groups excluding carboxylic acids is 1. The molecule has 4 aromatic rings. The number of amides is 1. The van der Waals surface area contributed by atoms with Crippen molar-refractivity contribution in [1.29, 1.82) is 0 Å². The van der Waals surface area contributed by atoms with E-state index in [9.17, 15) is 22.4 Å². The number of aromatic amines is 1. The second kappa shape index (κ2) is 6.80. The molecule has 1 heterocycles. The Morgan fingerprint density at radius 2 is 1.64 bits per heavy atom. The number of aromatic nitrogens is 2. The predicted octanol–water partition coefficient (Wildman–Crippen LogP) is 5.04. The van der Waals surface area contributed by atoms with E-state index in [-0.39, 0.29) is 11.6 Å². The third kappa shape index (κ3) is 3.09. The molecule has 0 aliphatic carbocycles. The van der Waals surface area contributed by atoms with Crippen molar-refractivity contribution in [1.82, 2.24) is 10.2 Å². The molecule has 0 aliphatic heterocycles. The highest BCUT2D eigenvalue weighted by Gasteiger charge is 2.22. The van der Waals surface area contributed by atoms with Crippen LogP contribution >= 0.6 is 0 Å². The highest BCUT2D eigenvalue weighted by Crippen LogP contribution is 2.28. The molecule has 3 aromatic carbocycles. The van der Waals surface area contributed by atoms with Crippen LogP contribution in [0.3, 0.4) is 0 Å². The van der Waals surface area contributed by atoms with Gasteiger partial charge in [0.05, 0.1) is 5.52 Å². The van der Waals surface area contributed by atoms with Crippen LogP contribution in [0.2, 0.25) is 0 Å². The fourth-order valence-corrected chi connectivity index (χ4v) is 2.87. The Hall–Kier alpha value is -3.68. The molecule has 28 heavy (non-hydrogen) atoms. The second-order valence-electron chi connectivity index (χ2n) is 6.02. The second-order valence-corrected chi connectivity index (χ2v) is 6.02. The number of halogens is 4. The molecule has 0 aliphatic rings. The Morgan fingerprint density at radius 1 is 0.893 bits per heavy atom. The van der Waals surface area contributed by atoms with E-state index in [0.29, 0.717) is 34.2 Å². The Kier molecular flexibility index (Phi) is 4.31. The van der Waals surface area contributed by atoms with Gasteiger partial charge in [-0.15, -0.1) is 0 Å². The first kappa shape index (κ1) is 17.7. The maximum atomic E-state index is 13.8. The van der Waals surface area contributed by atoms with Crippen molar-refractivity contribution in [2.24, 2.45) is 0 Å². The summed E-state index contributed by atoms with van der Waals surface area (Å²) in [7, 11) is 0. The van der Waals surface area contributed by atoms with E-state index in [1.165, 1.54) is 12.1 Å². The normalized spacial score (nSPS) is 11.0. The summed E-state index contributed by atoms with van der Waals surface area (Å²) in [4.78, 5) is 12.2. The van der Waals surface area contributed by atoms with E-state index in [1.54, 1.807) is 30.3 Å². The number of hydrogen-bond donors (Lipinski definition) is 2. The Balaban J connectivity index is 1.68. The monoisotopic (exact) mass is 385 g/mol. The van der Waals surface area contributed by atoms with E-state index >= 15 is 0 Å². The minimum atomic E-state index is -1.58. The van der Waals surface area contributed by atoms with E-state index < -0.39 is 28.9 Å². The molecule has 2 N–H and O–H groups in total. The molecule has 1 aromatic heterocycles. The summed E-state index contributed by atoms with van der Waals surface area (Å²) < 4.78 is 54.3. The Labute approximate surface area is 155 Å². The van der Waals surface area contributed by atoms with Crippen LogP contribution in [-0.2, 0) is 0 Å². The van der Waals surface area contributed by atoms with Gasteiger partial charge in [0.15, 0.2) is 17.5 Å². The quantitative estimate of drug-likeness (QED) is 0.384. The molecule has 0 bridgehead atoms. The van der Waals surface area contributed by atoms with Crippen LogP contribution < -0.4 is 5.32 Å². The van der Waals surface area contributed by atoms with E-state index in [1.807, 2.05) is 0 Å². The molecule has 140 valence electrons. The van der Waals surface area contributed by atoms with Gasteiger partial charge in [-0.1, -0.05) is 18.2 Å². The lowest BCUT2D eigenvalue weighted by Crippen LogP contribution is -2.17. The van der Waals surface area contributed by atoms with Gasteiger partial charge >= 0.3 is 0 Å². The Bertz CT molecular complexity index is 1220. The molecular formula is C20H11F4N3O. The number of hydrogen-bond acceptors (Lipinski definition) is 2. The molecular weight excluding hydrogens is 374 g/mol. The van der Waals surface area contributed by atoms with Gasteiger partial charge in [0.25, 0.3) is 5.91 Å². The van der Waals surface area contributed by atoms with Gasteiger partial charge in [0.1, 0.15) is 17.2 Å². The molecule has 4 nitrogen and oxygen atoms in total. The smallest absolute Gasteiger partial charge is 0.262 e. The number of rotatable bonds is 3. The first-order valence-corrected chi connectivity index (χ1v) is 8.13. The average Bonchev–Trinajstić information content (AvgIpc) is 3.07. The summed E-state index contributed by atoms with van der Waals surface area (Å²) in [6.07, 6.45) is 0. The summed E-state index contributed by atoms with van der Waals surface area (Å²) in [6.45, 7) is 0. The highest BCUT2D eigenvalue weighted by molar-refractivity contribution is 6.08. The summed E-state index contributed by atoms with van der Waals surface area (Å²) in [5, 5.41) is 9.35. The van der Waals surface area contributed by atoms with Gasteiger partial charge in [0.2, 0.25) is 0 Å². The van der Waals surface area contributed by atoms with Crippen LogP contribution in [0.5, 0.6) is 0 Å². The van der Waals surface area contributed by atoms with Crippen molar-refractivity contribution >= 4 is 22.6 Å². The summed E-state index contributed by atoms with van der Waals surface area (Å²) in [6, 6.07) is 12.3. The standard InChI is InChI=1S/C20H11F4N3O/c21-12-3-1-2-10(8-12)11-4-5-13-16(9-11)26-27-19(13)25-20(28)17-14(22)6-7-15(23)18(17)24/h1-9H,(H2,25,26,27,28). The lowest BCUT2D eigenvalue weighted by Gasteiger charge is -2.06. The van der Waals surface area contributed by atoms with Crippen LogP contribution in [0.4, 0.5) is 23.4 Å². The molecule has 1 amide bonds. The van der Waals surface area contributed by atoms with Gasteiger partial charge in [-0.2, -0.15) is 5.10 Å². The molecule has 4 rings (SSSR count). The van der Waals surface area contributed by atoms with Gasteiger partial charge in [-0.05, 0) is 47.5 Å². The summed E-state index contributed by atoms with van der Waals surface area (Å²) >= 11 is 0. The molecule has 0 spiro atoms. The molecule has 0 unspecified atom stereocenters. The van der Waals surface area contributed by atoms with Gasteiger partial charge < -0.3 is 5.32 Å². The average molecular weight is 385 g/mol. The summed E-state index contributed by atoms with van der Waals surface area (Å²) in [5.41, 5.74) is 0.825. The van der Waals surface area contributed by atoms with Crippen LogP contribution in [0.25, 0.3) is 22.0 Å². The van der Waals surface area contributed by atoms with Crippen LogP contribution in [0, 0.1) is 23.3 Å². The minimum absolute atomic E-state index is 0.0221. The van der Waals surface area contributed by atoms with Crippen molar-refractivity contribution in [3.05, 3.63) is 83.4 Å². The predicted molar refractivity (Wildman–Crippen MR) is 95.8 cm³/mol. The maximum absolute atomic E-state index is 13.8. The molecule has 0 saturated heterocycles. The number of nitrogens with zero attached hydrogens (tertiary/aromatic N) is 1. The molecule has 0 radical (unpaired) electrons. The van der Waals surface area contributed by atoms with Crippen molar-refractivity contribution in [2.45, 2.75) is 0 Å². The number of H-pyrrole nitrogens is 1. The zero-order chi connectivity index (χ0) is 19.8. The van der Waals surface area contributed by atoms with Crippen LogP contribution in [-0.4, -0.2) is 16.1 Å². The molecule has 0 atom stereocenters. The number of carbonyl (C=O) groups is 1. The van der Waals surface area contributed by atoms with Crippen LogP contribution in [0.15, 0.2) is 54.6 Å². The van der Waals surface area contributed by atoms with E-state index in [2.05, 4.69) is 15.5 Å². The minimum Gasteiger partial charge on any atom is -0.304 e. The lowest BCUT2D eigenvalue weighted by molar-refractivity contribution is 0.101. The third-order valence-corrected chi connectivity index (χ3v) is 4.22. The number of nitrogens with one attached hydrogen (secondary N) is 2. The third-order valence-electron chi connectivity index (χ3n) is 4.22. The van der Waals surface area contributed by atoms with Crippen LogP contribution in [0.1, 0.15) is 10.4 Å². The zero-order valence-electron chi connectivity index (χ0n) is 14.1. The number of benzene rings is 3. The van der Waals surface area contributed by atoms with Gasteiger partial charge in [-0.3, -0.25) is 9.89 Å². The largest absolute Gasteiger partial charge is 0.304 e. The van der Waals surface area contributed by atoms with Gasteiger partial charge in [-0.25, -0.2) is 17.6 Å². The molecule has 0 fully saturated rings. The topological polar surface area (TPSA) is 57.8 Å². The van der Waals surface area contributed by atoms with Crippen molar-refractivity contribution in [2.75, 3.05) is 5.32 Å². The number of anilines is 1. The summed E-state index contributed by atoms with van der Waals surface area (Å²) in [5.74, 6) is -5.63. The lowest BCUT2D eigenvalue weighted by atomic mass is 10.0. The maximum Gasteiger partial charge on any atom is 0.262 e. The Morgan fingerprint density at radius 3 is 2.43 bits per heavy atom. The fraction of sp³-hybridized carbons (Fsp3) is 0. The number of fused-ring (bicyclic) bond motifs is 1. The van der Waals surface area contributed by atoms with E-state index in [4.69, 9.17) is 0 Å². The fourth-order valence-electron chi connectivity index (χ4n) is 2.87. The SMILES string of the molecule is O=C(Nc1n[nH]c2cc(-c3cccc(F)c3)ccc12)c1c(F)ccc(F)c1F. The van der Waals surface area contributed by atoms with Crippen molar-refractivity contribution in [3.8, 4) is 11.1 Å². The first-order valence-electron chi connectivity index (χ1n) is 8.13.